The number of hydrazone groups is 1. The van der Waals surface area contributed by atoms with E-state index in [0.717, 1.165) is 25.1 Å². The lowest BCUT2D eigenvalue weighted by molar-refractivity contribution is -0.125. The largest absolute Gasteiger partial charge is 0.396 e. The van der Waals surface area contributed by atoms with Crippen LogP contribution in [0.4, 0.5) is 0 Å². The summed E-state index contributed by atoms with van der Waals surface area (Å²) in [5, 5.41) is 30.7. The van der Waals surface area contributed by atoms with Crippen LogP contribution >= 0.6 is 0 Å². The van der Waals surface area contributed by atoms with Crippen LogP contribution in [0.1, 0.15) is 33.1 Å². The standard InChI is InChI=1S/C14H28N4O3/c1-4-14(2,10-19)9-16-12(20)8-18-13(21)7-11(17-18)5-6-15-3/h13,15,19,21H,4-10H2,1-3H3,(H,16,20). The first kappa shape index (κ1) is 17.9. The summed E-state index contributed by atoms with van der Waals surface area (Å²) in [6.45, 7) is 5.19. The fourth-order valence-electron chi connectivity index (χ4n) is 1.98. The molecule has 1 heterocycles. The van der Waals surface area contributed by atoms with E-state index in [2.05, 4.69) is 15.7 Å². The van der Waals surface area contributed by atoms with Crippen LogP contribution in [-0.2, 0) is 4.79 Å². The Balaban J connectivity index is 2.42. The Kier molecular flexibility index (Phi) is 7.07. The normalized spacial score (nSPS) is 21.1. The molecule has 0 aromatic heterocycles. The van der Waals surface area contributed by atoms with Crippen LogP contribution in [0.25, 0.3) is 0 Å². The first-order chi connectivity index (χ1) is 9.94. The molecule has 4 N–H and O–H groups in total. The Bertz CT molecular complexity index is 369. The molecule has 1 amide bonds. The van der Waals surface area contributed by atoms with Gasteiger partial charge in [-0.1, -0.05) is 13.8 Å². The summed E-state index contributed by atoms with van der Waals surface area (Å²) >= 11 is 0. The summed E-state index contributed by atoms with van der Waals surface area (Å²) < 4.78 is 0. The molecule has 2 atom stereocenters. The number of aliphatic hydroxyl groups is 2. The van der Waals surface area contributed by atoms with Crippen LogP contribution in [0, 0.1) is 5.41 Å². The van der Waals surface area contributed by atoms with Gasteiger partial charge >= 0.3 is 0 Å². The Morgan fingerprint density at radius 3 is 2.86 bits per heavy atom. The molecule has 0 saturated carbocycles. The fourth-order valence-corrected chi connectivity index (χ4v) is 1.98. The monoisotopic (exact) mass is 300 g/mol. The average molecular weight is 300 g/mol. The lowest BCUT2D eigenvalue weighted by Gasteiger charge is -2.26. The molecule has 1 aliphatic heterocycles. The van der Waals surface area contributed by atoms with E-state index in [4.69, 9.17) is 0 Å². The molecule has 1 rings (SSSR count). The molecule has 2 unspecified atom stereocenters. The van der Waals surface area contributed by atoms with E-state index in [1.165, 1.54) is 5.01 Å². The maximum Gasteiger partial charge on any atom is 0.241 e. The summed E-state index contributed by atoms with van der Waals surface area (Å²) in [5.41, 5.74) is 0.596. The SMILES string of the molecule is CCC(C)(CO)CNC(=O)CN1N=C(CCNC)CC1O. The van der Waals surface area contributed by atoms with Crippen LogP contribution in [0.5, 0.6) is 0 Å². The minimum absolute atomic E-state index is 0.0302. The molecule has 122 valence electrons. The van der Waals surface area contributed by atoms with E-state index in [-0.39, 0.29) is 24.5 Å². The van der Waals surface area contributed by atoms with Crippen molar-refractivity contribution in [3.05, 3.63) is 0 Å². The van der Waals surface area contributed by atoms with Crippen molar-refractivity contribution in [1.29, 1.82) is 0 Å². The summed E-state index contributed by atoms with van der Waals surface area (Å²) in [6.07, 6.45) is 1.31. The van der Waals surface area contributed by atoms with Gasteiger partial charge in [0.15, 0.2) is 0 Å². The molecule has 0 aromatic carbocycles. The van der Waals surface area contributed by atoms with Gasteiger partial charge in [0.05, 0.1) is 6.61 Å². The zero-order valence-corrected chi connectivity index (χ0v) is 13.2. The second kappa shape index (κ2) is 8.31. The van der Waals surface area contributed by atoms with E-state index in [0.29, 0.717) is 13.0 Å². The minimum atomic E-state index is -0.724. The van der Waals surface area contributed by atoms with Crippen molar-refractivity contribution in [2.75, 3.05) is 33.3 Å². The third-order valence-electron chi connectivity index (χ3n) is 3.95. The highest BCUT2D eigenvalue weighted by Crippen LogP contribution is 2.18. The topological polar surface area (TPSA) is 97.2 Å². The van der Waals surface area contributed by atoms with E-state index in [1.807, 2.05) is 20.9 Å². The molecule has 7 heteroatoms. The van der Waals surface area contributed by atoms with Crippen LogP contribution < -0.4 is 10.6 Å². The maximum absolute atomic E-state index is 11.9. The van der Waals surface area contributed by atoms with Gasteiger partial charge in [0.1, 0.15) is 12.8 Å². The number of nitrogens with zero attached hydrogens (tertiary/aromatic N) is 2. The lowest BCUT2D eigenvalue weighted by atomic mass is 9.89. The highest BCUT2D eigenvalue weighted by Gasteiger charge is 2.27. The Hall–Kier alpha value is -1.18. The molecule has 21 heavy (non-hydrogen) atoms. The second-order valence-corrected chi connectivity index (χ2v) is 5.90. The quantitative estimate of drug-likeness (QED) is 0.460. The van der Waals surface area contributed by atoms with Crippen molar-refractivity contribution >= 4 is 11.6 Å². The fraction of sp³-hybridized carbons (Fsp3) is 0.857. The van der Waals surface area contributed by atoms with E-state index >= 15 is 0 Å². The minimum Gasteiger partial charge on any atom is -0.396 e. The van der Waals surface area contributed by atoms with E-state index in [9.17, 15) is 15.0 Å². The number of nitrogens with one attached hydrogen (secondary N) is 2. The molecule has 0 radical (unpaired) electrons. The molecule has 0 bridgehead atoms. The third kappa shape index (κ3) is 5.61. The predicted octanol–water partition coefficient (Wildman–Crippen LogP) is -0.499. The lowest BCUT2D eigenvalue weighted by Crippen LogP contribution is -2.43. The molecule has 0 aromatic rings. The van der Waals surface area contributed by atoms with Crippen molar-refractivity contribution in [3.8, 4) is 0 Å². The van der Waals surface area contributed by atoms with Gasteiger partial charge in [0, 0.05) is 37.1 Å². The Morgan fingerprint density at radius 2 is 2.29 bits per heavy atom. The number of carbonyl (C=O) groups excluding carboxylic acids is 1. The van der Waals surface area contributed by atoms with Crippen LogP contribution in [-0.4, -0.2) is 66.4 Å². The number of carbonyl (C=O) groups is 1. The first-order valence-corrected chi connectivity index (χ1v) is 7.47. The zero-order valence-electron chi connectivity index (χ0n) is 13.2. The highest BCUT2D eigenvalue weighted by molar-refractivity contribution is 5.86. The van der Waals surface area contributed by atoms with Crippen molar-refractivity contribution < 1.29 is 15.0 Å². The van der Waals surface area contributed by atoms with Crippen LogP contribution in [0.3, 0.4) is 0 Å². The number of amides is 1. The number of hydrogen-bond donors (Lipinski definition) is 4. The number of rotatable bonds is 9. The maximum atomic E-state index is 11.9. The van der Waals surface area contributed by atoms with Gasteiger partial charge in [-0.3, -0.25) is 9.80 Å². The summed E-state index contributed by atoms with van der Waals surface area (Å²) in [7, 11) is 1.86. The molecule has 0 fully saturated rings. The van der Waals surface area contributed by atoms with Crippen molar-refractivity contribution in [2.24, 2.45) is 10.5 Å². The van der Waals surface area contributed by atoms with Crippen molar-refractivity contribution in [3.63, 3.8) is 0 Å². The van der Waals surface area contributed by atoms with Gasteiger partial charge in [0.2, 0.25) is 5.91 Å². The van der Waals surface area contributed by atoms with E-state index in [1.54, 1.807) is 0 Å². The Morgan fingerprint density at radius 1 is 1.57 bits per heavy atom. The average Bonchev–Trinajstić information content (AvgIpc) is 2.82. The summed E-state index contributed by atoms with van der Waals surface area (Å²) in [4.78, 5) is 11.9. The predicted molar refractivity (Wildman–Crippen MR) is 81.8 cm³/mol. The van der Waals surface area contributed by atoms with E-state index < -0.39 is 6.23 Å². The molecular formula is C14H28N4O3. The molecule has 0 saturated heterocycles. The Labute approximate surface area is 126 Å². The number of hydrogen-bond acceptors (Lipinski definition) is 6. The van der Waals surface area contributed by atoms with Gasteiger partial charge in [0.25, 0.3) is 0 Å². The third-order valence-corrected chi connectivity index (χ3v) is 3.95. The van der Waals surface area contributed by atoms with Crippen molar-refractivity contribution in [2.45, 2.75) is 39.3 Å². The van der Waals surface area contributed by atoms with Gasteiger partial charge in [-0.05, 0) is 13.5 Å². The smallest absolute Gasteiger partial charge is 0.241 e. The molecule has 0 spiro atoms. The molecule has 0 aliphatic carbocycles. The van der Waals surface area contributed by atoms with Crippen LogP contribution in [0.15, 0.2) is 5.10 Å². The van der Waals surface area contributed by atoms with Gasteiger partial charge in [-0.2, -0.15) is 5.10 Å². The summed E-state index contributed by atoms with van der Waals surface area (Å²) in [5.74, 6) is -0.194. The van der Waals surface area contributed by atoms with Crippen molar-refractivity contribution in [1.82, 2.24) is 15.6 Å². The molecule has 7 nitrogen and oxygen atoms in total. The van der Waals surface area contributed by atoms with Gasteiger partial charge < -0.3 is 20.8 Å². The summed E-state index contributed by atoms with van der Waals surface area (Å²) in [6, 6.07) is 0. The molecule has 1 aliphatic rings. The van der Waals surface area contributed by atoms with Gasteiger partial charge in [-0.25, -0.2) is 0 Å². The molecular weight excluding hydrogens is 272 g/mol. The zero-order chi connectivity index (χ0) is 15.9. The van der Waals surface area contributed by atoms with Gasteiger partial charge in [-0.15, -0.1) is 0 Å². The number of aliphatic hydroxyl groups excluding tert-OH is 2. The second-order valence-electron chi connectivity index (χ2n) is 5.90. The first-order valence-electron chi connectivity index (χ1n) is 7.47. The van der Waals surface area contributed by atoms with Crippen LogP contribution in [0.2, 0.25) is 0 Å². The highest BCUT2D eigenvalue weighted by atomic mass is 16.3.